The van der Waals surface area contributed by atoms with Gasteiger partial charge < -0.3 is 4.74 Å². The zero-order valence-corrected chi connectivity index (χ0v) is 21.2. The van der Waals surface area contributed by atoms with Gasteiger partial charge in [0.1, 0.15) is 5.15 Å². The van der Waals surface area contributed by atoms with Crippen molar-refractivity contribution in [2.24, 2.45) is 0 Å². The molecule has 0 saturated heterocycles. The van der Waals surface area contributed by atoms with E-state index in [1.54, 1.807) is 29.0 Å². The number of hydrogen-bond donors (Lipinski definition) is 0. The van der Waals surface area contributed by atoms with E-state index in [9.17, 15) is 4.79 Å². The van der Waals surface area contributed by atoms with Crippen LogP contribution in [-0.2, 0) is 4.74 Å². The van der Waals surface area contributed by atoms with Crippen molar-refractivity contribution >= 4 is 28.9 Å². The SMILES string of the molecule is COC(=O)c1ccnc2cc(-c3ccccc3C)nn12.Cc1ccccc1-c1cc2nccc(Cl)n2n1. The molecular weight excluding hydrogens is 488 g/mol. The van der Waals surface area contributed by atoms with Gasteiger partial charge >= 0.3 is 5.97 Å². The number of aromatic nitrogens is 6. The lowest BCUT2D eigenvalue weighted by molar-refractivity contribution is 0.0590. The van der Waals surface area contributed by atoms with Crippen LogP contribution in [-0.4, -0.2) is 42.3 Å². The van der Waals surface area contributed by atoms with Gasteiger partial charge in [0, 0.05) is 35.7 Å². The lowest BCUT2D eigenvalue weighted by Gasteiger charge is -2.02. The van der Waals surface area contributed by atoms with Gasteiger partial charge in [-0.25, -0.2) is 23.8 Å². The normalized spacial score (nSPS) is 10.8. The van der Waals surface area contributed by atoms with E-state index in [1.807, 2.05) is 61.5 Å². The van der Waals surface area contributed by atoms with Crippen LogP contribution in [0.15, 0.2) is 85.2 Å². The monoisotopic (exact) mass is 510 g/mol. The van der Waals surface area contributed by atoms with Gasteiger partial charge in [-0.1, -0.05) is 60.1 Å². The number of aryl methyl sites for hydroxylation is 2. The number of halogens is 1. The van der Waals surface area contributed by atoms with Crippen molar-refractivity contribution in [2.75, 3.05) is 7.11 Å². The molecule has 184 valence electrons. The predicted molar refractivity (Wildman–Crippen MR) is 143 cm³/mol. The zero-order valence-electron chi connectivity index (χ0n) is 20.5. The molecule has 0 radical (unpaired) electrons. The summed E-state index contributed by atoms with van der Waals surface area (Å²) in [6.07, 6.45) is 3.26. The molecule has 4 heterocycles. The maximum absolute atomic E-state index is 11.7. The van der Waals surface area contributed by atoms with Crippen LogP contribution >= 0.6 is 11.6 Å². The fraction of sp³-hybridized carbons (Fsp3) is 0.107. The first-order valence-corrected chi connectivity index (χ1v) is 11.9. The average Bonchev–Trinajstić information content (AvgIpc) is 3.54. The Labute approximate surface area is 218 Å². The highest BCUT2D eigenvalue weighted by Crippen LogP contribution is 2.24. The van der Waals surface area contributed by atoms with E-state index in [4.69, 9.17) is 16.3 Å². The molecule has 9 heteroatoms. The maximum Gasteiger partial charge on any atom is 0.356 e. The molecule has 8 nitrogen and oxygen atoms in total. The number of ether oxygens (including phenoxy) is 1. The summed E-state index contributed by atoms with van der Waals surface area (Å²) in [5, 5.41) is 9.50. The molecule has 0 spiro atoms. The minimum Gasteiger partial charge on any atom is -0.464 e. The number of methoxy groups -OCH3 is 1. The van der Waals surface area contributed by atoms with Crippen LogP contribution < -0.4 is 0 Å². The van der Waals surface area contributed by atoms with Crippen LogP contribution in [0.3, 0.4) is 0 Å². The fourth-order valence-electron chi connectivity index (χ4n) is 4.00. The number of rotatable bonds is 3. The third kappa shape index (κ3) is 4.79. The van der Waals surface area contributed by atoms with Gasteiger partial charge in [0.15, 0.2) is 17.0 Å². The lowest BCUT2D eigenvalue weighted by Crippen LogP contribution is -2.09. The maximum atomic E-state index is 11.7. The molecule has 0 unspecified atom stereocenters. The lowest BCUT2D eigenvalue weighted by atomic mass is 10.1. The molecule has 0 aliphatic heterocycles. The third-order valence-electron chi connectivity index (χ3n) is 5.91. The molecule has 0 aliphatic carbocycles. The highest BCUT2D eigenvalue weighted by molar-refractivity contribution is 6.29. The van der Waals surface area contributed by atoms with E-state index in [0.29, 0.717) is 16.5 Å². The molecule has 2 aromatic carbocycles. The van der Waals surface area contributed by atoms with Crippen molar-refractivity contribution in [3.05, 3.63) is 107 Å². The van der Waals surface area contributed by atoms with E-state index >= 15 is 0 Å². The molecule has 0 N–H and O–H groups in total. The van der Waals surface area contributed by atoms with Gasteiger partial charge in [-0.15, -0.1) is 0 Å². The Hall–Kier alpha value is -4.56. The van der Waals surface area contributed by atoms with Gasteiger partial charge in [-0.3, -0.25) is 0 Å². The Morgan fingerprint density at radius 1 is 0.757 bits per heavy atom. The number of benzene rings is 2. The molecule has 0 saturated carbocycles. The number of carbonyl (C=O) groups is 1. The second-order valence-corrected chi connectivity index (χ2v) is 8.71. The van der Waals surface area contributed by atoms with Crippen LogP contribution in [0.25, 0.3) is 33.8 Å². The Balaban J connectivity index is 0.000000153. The van der Waals surface area contributed by atoms with Crippen molar-refractivity contribution in [2.45, 2.75) is 13.8 Å². The summed E-state index contributed by atoms with van der Waals surface area (Å²) < 4.78 is 7.91. The molecular formula is C28H23ClN6O2. The van der Waals surface area contributed by atoms with E-state index < -0.39 is 5.97 Å². The molecule has 6 rings (SSSR count). The standard InChI is InChI=1S/C15H13N3O2.C13H10ClN3/c1-10-5-3-4-6-11(10)12-9-14-16-8-7-13(15(19)20-2)18(14)17-12;1-9-4-2-3-5-10(9)11-8-13-15-7-6-12(14)17(13)16-11/h3-9H,1-2H3;2-8H,1H3. The first-order valence-electron chi connectivity index (χ1n) is 11.5. The van der Waals surface area contributed by atoms with E-state index in [1.165, 1.54) is 17.2 Å². The Bertz CT molecular complexity index is 1740. The van der Waals surface area contributed by atoms with Gasteiger partial charge in [0.25, 0.3) is 0 Å². The predicted octanol–water partition coefficient (Wildman–Crippen LogP) is 5.85. The topological polar surface area (TPSA) is 86.7 Å². The number of fused-ring (bicyclic) bond motifs is 2. The Morgan fingerprint density at radius 2 is 1.27 bits per heavy atom. The summed E-state index contributed by atoms with van der Waals surface area (Å²) in [5.41, 5.74) is 7.85. The first-order chi connectivity index (χ1) is 18.0. The molecule has 0 amide bonds. The minimum absolute atomic E-state index is 0.359. The van der Waals surface area contributed by atoms with Crippen molar-refractivity contribution in [3.8, 4) is 22.5 Å². The fourth-order valence-corrected chi connectivity index (χ4v) is 4.19. The molecule has 37 heavy (non-hydrogen) atoms. The van der Waals surface area contributed by atoms with Crippen molar-refractivity contribution in [1.29, 1.82) is 0 Å². The van der Waals surface area contributed by atoms with Crippen LogP contribution in [0.5, 0.6) is 0 Å². The largest absolute Gasteiger partial charge is 0.464 e. The second-order valence-electron chi connectivity index (χ2n) is 8.32. The smallest absolute Gasteiger partial charge is 0.356 e. The number of esters is 1. The van der Waals surface area contributed by atoms with Crippen LogP contribution in [0.1, 0.15) is 21.6 Å². The van der Waals surface area contributed by atoms with Gasteiger partial charge in [-0.05, 0) is 37.1 Å². The van der Waals surface area contributed by atoms with E-state index in [2.05, 4.69) is 33.2 Å². The van der Waals surface area contributed by atoms with Crippen molar-refractivity contribution < 1.29 is 9.53 Å². The Kier molecular flexibility index (Phi) is 6.66. The molecule has 6 aromatic rings. The van der Waals surface area contributed by atoms with Crippen LogP contribution in [0, 0.1) is 13.8 Å². The average molecular weight is 511 g/mol. The molecule has 0 atom stereocenters. The van der Waals surface area contributed by atoms with Crippen molar-refractivity contribution in [3.63, 3.8) is 0 Å². The quantitative estimate of drug-likeness (QED) is 0.219. The number of hydrogen-bond acceptors (Lipinski definition) is 6. The molecule has 0 fully saturated rings. The van der Waals surface area contributed by atoms with Crippen molar-refractivity contribution in [1.82, 2.24) is 29.2 Å². The molecule has 0 bridgehead atoms. The van der Waals surface area contributed by atoms with E-state index in [0.717, 1.165) is 33.7 Å². The van der Waals surface area contributed by atoms with Gasteiger partial charge in [-0.2, -0.15) is 10.2 Å². The van der Waals surface area contributed by atoms with Crippen LogP contribution in [0.4, 0.5) is 0 Å². The second kappa shape index (κ2) is 10.2. The van der Waals surface area contributed by atoms with E-state index in [-0.39, 0.29) is 0 Å². The number of nitrogens with zero attached hydrogens (tertiary/aromatic N) is 6. The summed E-state index contributed by atoms with van der Waals surface area (Å²) in [6, 6.07) is 23.2. The Morgan fingerprint density at radius 3 is 1.81 bits per heavy atom. The molecule has 4 aromatic heterocycles. The summed E-state index contributed by atoms with van der Waals surface area (Å²) >= 11 is 6.06. The first kappa shape index (κ1) is 24.1. The molecule has 0 aliphatic rings. The summed E-state index contributed by atoms with van der Waals surface area (Å²) in [7, 11) is 1.35. The van der Waals surface area contributed by atoms with Gasteiger partial charge in [0.2, 0.25) is 0 Å². The van der Waals surface area contributed by atoms with Gasteiger partial charge in [0.05, 0.1) is 18.5 Å². The summed E-state index contributed by atoms with van der Waals surface area (Å²) in [4.78, 5) is 20.2. The number of carbonyl (C=O) groups excluding carboxylic acids is 1. The summed E-state index contributed by atoms with van der Waals surface area (Å²) in [6.45, 7) is 4.09. The minimum atomic E-state index is -0.433. The van der Waals surface area contributed by atoms with Crippen LogP contribution in [0.2, 0.25) is 5.15 Å². The zero-order chi connectivity index (χ0) is 25.9. The summed E-state index contributed by atoms with van der Waals surface area (Å²) in [5.74, 6) is -0.433. The third-order valence-corrected chi connectivity index (χ3v) is 6.19. The highest BCUT2D eigenvalue weighted by atomic mass is 35.5. The highest BCUT2D eigenvalue weighted by Gasteiger charge is 2.14.